The second-order valence-corrected chi connectivity index (χ2v) is 8.40. The Morgan fingerprint density at radius 3 is 2.86 bits per heavy atom. The minimum atomic E-state index is -0.747. The molecule has 2 atom stereocenters. The van der Waals surface area contributed by atoms with Crippen LogP contribution in [0.2, 0.25) is 0 Å². The minimum Gasteiger partial charge on any atom is -0.383 e. The van der Waals surface area contributed by atoms with Crippen LogP contribution in [0.25, 0.3) is 10.9 Å². The summed E-state index contributed by atoms with van der Waals surface area (Å²) in [5.74, 6) is 0.529. The summed E-state index contributed by atoms with van der Waals surface area (Å²) >= 11 is 3.54. The Balaban J connectivity index is 1.52. The third-order valence-electron chi connectivity index (χ3n) is 5.77. The van der Waals surface area contributed by atoms with Crippen LogP contribution in [0.1, 0.15) is 34.5 Å². The number of aromatic nitrogens is 1. The number of ether oxygens (including phenoxy) is 2. The van der Waals surface area contributed by atoms with Crippen LogP contribution in [0.3, 0.4) is 0 Å². The van der Waals surface area contributed by atoms with Crippen LogP contribution in [0.15, 0.2) is 46.9 Å². The van der Waals surface area contributed by atoms with Crippen LogP contribution in [0.4, 0.5) is 5.82 Å². The van der Waals surface area contributed by atoms with Crippen molar-refractivity contribution in [3.05, 3.63) is 69.2 Å². The van der Waals surface area contributed by atoms with Crippen molar-refractivity contribution >= 4 is 32.7 Å². The summed E-state index contributed by atoms with van der Waals surface area (Å²) in [6.07, 6.45) is -0.747. The Hall–Kier alpha value is -2.03. The molecule has 0 amide bonds. The van der Waals surface area contributed by atoms with Gasteiger partial charge >= 0.3 is 0 Å². The second kappa shape index (κ2) is 7.66. The maximum atomic E-state index is 11.3. The molecule has 0 radical (unpaired) electrons. The van der Waals surface area contributed by atoms with Crippen molar-refractivity contribution in [1.29, 1.82) is 0 Å². The molecule has 3 aromatic rings. The molecule has 2 aliphatic heterocycles. The number of rotatable bonds is 3. The first kappa shape index (κ1) is 19.0. The van der Waals surface area contributed by atoms with Crippen molar-refractivity contribution in [3.8, 4) is 0 Å². The smallest absolute Gasteiger partial charge is 0.134 e. The predicted molar refractivity (Wildman–Crippen MR) is 114 cm³/mol. The Kier molecular flexibility index (Phi) is 5.01. The van der Waals surface area contributed by atoms with E-state index >= 15 is 0 Å². The highest BCUT2D eigenvalue weighted by Crippen LogP contribution is 2.36. The molecule has 1 fully saturated rings. The van der Waals surface area contributed by atoms with Crippen LogP contribution in [0, 0.1) is 0 Å². The Morgan fingerprint density at radius 2 is 2.00 bits per heavy atom. The van der Waals surface area contributed by atoms with Gasteiger partial charge in [0, 0.05) is 22.0 Å². The normalized spacial score (nSPS) is 20.7. The van der Waals surface area contributed by atoms with Crippen molar-refractivity contribution in [2.24, 2.45) is 0 Å². The van der Waals surface area contributed by atoms with Gasteiger partial charge in [-0.3, -0.25) is 4.90 Å². The maximum absolute atomic E-state index is 11.3. The van der Waals surface area contributed by atoms with E-state index in [9.17, 15) is 5.11 Å². The fourth-order valence-corrected chi connectivity index (χ4v) is 4.67. The van der Waals surface area contributed by atoms with Crippen LogP contribution >= 0.6 is 15.9 Å². The second-order valence-electron chi connectivity index (χ2n) is 7.48. The number of aliphatic hydroxyl groups excluding tert-OH is 1. The van der Waals surface area contributed by atoms with Crippen molar-refractivity contribution in [1.82, 2.24) is 9.88 Å². The largest absolute Gasteiger partial charge is 0.383 e. The van der Waals surface area contributed by atoms with Crippen LogP contribution in [-0.2, 0) is 22.7 Å². The molecule has 29 heavy (non-hydrogen) atoms. The molecule has 0 aliphatic carbocycles. The zero-order valence-electron chi connectivity index (χ0n) is 15.8. The molecule has 0 saturated carbocycles. The van der Waals surface area contributed by atoms with Crippen molar-refractivity contribution in [2.75, 3.05) is 25.5 Å². The van der Waals surface area contributed by atoms with Gasteiger partial charge in [0.05, 0.1) is 38.0 Å². The highest BCUT2D eigenvalue weighted by molar-refractivity contribution is 9.10. The van der Waals surface area contributed by atoms with E-state index in [4.69, 9.17) is 15.2 Å². The number of morpholine rings is 1. The molecule has 0 bridgehead atoms. The first-order chi connectivity index (χ1) is 14.1. The lowest BCUT2D eigenvalue weighted by atomic mass is 10.00. The van der Waals surface area contributed by atoms with Gasteiger partial charge in [-0.15, -0.1) is 0 Å². The zero-order chi connectivity index (χ0) is 20.0. The number of benzene rings is 2. The Labute approximate surface area is 177 Å². The van der Waals surface area contributed by atoms with E-state index in [-0.39, 0.29) is 6.04 Å². The lowest BCUT2D eigenvalue weighted by Gasteiger charge is -2.39. The molecule has 0 spiro atoms. The number of pyridine rings is 1. The van der Waals surface area contributed by atoms with E-state index in [0.29, 0.717) is 38.8 Å². The summed E-state index contributed by atoms with van der Waals surface area (Å²) in [5.41, 5.74) is 10.9. The molecule has 2 aromatic carbocycles. The van der Waals surface area contributed by atoms with Gasteiger partial charge in [0.1, 0.15) is 12.0 Å². The van der Waals surface area contributed by atoms with Gasteiger partial charge in [0.2, 0.25) is 0 Å². The van der Waals surface area contributed by atoms with Gasteiger partial charge < -0.3 is 20.3 Å². The molecule has 7 heteroatoms. The van der Waals surface area contributed by atoms with E-state index in [1.54, 1.807) is 0 Å². The fraction of sp³-hybridized carbons (Fsp3) is 0.318. The van der Waals surface area contributed by atoms with Crippen molar-refractivity contribution in [2.45, 2.75) is 25.5 Å². The van der Waals surface area contributed by atoms with Gasteiger partial charge in [-0.2, -0.15) is 0 Å². The molecule has 3 N–H and O–H groups in total. The number of nitrogens with two attached hydrogens (primary N) is 1. The summed E-state index contributed by atoms with van der Waals surface area (Å²) < 4.78 is 12.3. The highest BCUT2D eigenvalue weighted by Gasteiger charge is 2.31. The number of aliphatic hydroxyl groups is 1. The first-order valence-corrected chi connectivity index (χ1v) is 10.5. The van der Waals surface area contributed by atoms with E-state index < -0.39 is 6.23 Å². The van der Waals surface area contributed by atoms with Gasteiger partial charge in [-0.05, 0) is 41.0 Å². The number of fused-ring (bicyclic) bond motifs is 3. The zero-order valence-corrected chi connectivity index (χ0v) is 17.4. The molecule has 3 heterocycles. The number of nitrogen functional groups attached to an aromatic ring is 1. The van der Waals surface area contributed by atoms with E-state index in [2.05, 4.69) is 37.9 Å². The Morgan fingerprint density at radius 1 is 1.14 bits per heavy atom. The van der Waals surface area contributed by atoms with Crippen molar-refractivity contribution in [3.63, 3.8) is 0 Å². The molecule has 2 unspecified atom stereocenters. The number of nitrogens with zero attached hydrogens (tertiary/aromatic N) is 2. The van der Waals surface area contributed by atoms with Crippen molar-refractivity contribution < 1.29 is 14.6 Å². The molecule has 2 aliphatic rings. The molecule has 6 nitrogen and oxygen atoms in total. The molecular weight excluding hydrogens is 434 g/mol. The highest BCUT2D eigenvalue weighted by atomic mass is 79.9. The lowest BCUT2D eigenvalue weighted by Crippen LogP contribution is -2.41. The van der Waals surface area contributed by atoms with E-state index in [1.807, 2.05) is 30.3 Å². The van der Waals surface area contributed by atoms with Crippen LogP contribution in [-0.4, -0.2) is 34.7 Å². The van der Waals surface area contributed by atoms with Gasteiger partial charge in [-0.1, -0.05) is 34.1 Å². The number of hydrogen-bond acceptors (Lipinski definition) is 6. The van der Waals surface area contributed by atoms with E-state index in [1.165, 1.54) is 0 Å². The minimum absolute atomic E-state index is 0.0226. The quantitative estimate of drug-likeness (QED) is 0.626. The Bertz CT molecular complexity index is 1070. The SMILES string of the molecule is Nc1nc2ccc(C(O)N3CCOCC3c3cccc(Br)c3)cc2c2c1COC2. The monoisotopic (exact) mass is 455 g/mol. The number of anilines is 1. The lowest BCUT2D eigenvalue weighted by molar-refractivity contribution is -0.0980. The number of hydrogen-bond donors (Lipinski definition) is 2. The van der Waals surface area contributed by atoms with Gasteiger partial charge in [-0.25, -0.2) is 4.98 Å². The fourth-order valence-electron chi connectivity index (χ4n) is 4.25. The third-order valence-corrected chi connectivity index (χ3v) is 6.26. The van der Waals surface area contributed by atoms with Gasteiger partial charge in [0.15, 0.2) is 0 Å². The van der Waals surface area contributed by atoms with Crippen LogP contribution < -0.4 is 5.73 Å². The summed E-state index contributed by atoms with van der Waals surface area (Å²) in [6.45, 7) is 2.80. The first-order valence-electron chi connectivity index (χ1n) is 9.67. The summed E-state index contributed by atoms with van der Waals surface area (Å²) in [5, 5.41) is 12.3. The predicted octanol–water partition coefficient (Wildman–Crippen LogP) is 3.67. The number of halogens is 1. The van der Waals surface area contributed by atoms with Crippen LogP contribution in [0.5, 0.6) is 0 Å². The molecule has 1 aromatic heterocycles. The summed E-state index contributed by atoms with van der Waals surface area (Å²) in [4.78, 5) is 6.60. The topological polar surface area (TPSA) is 80.8 Å². The molecule has 150 valence electrons. The maximum Gasteiger partial charge on any atom is 0.134 e. The summed E-state index contributed by atoms with van der Waals surface area (Å²) in [6, 6.07) is 14.0. The molecular formula is C22H22BrN3O3. The standard InChI is InChI=1S/C22H22BrN3O3/c23-15-3-1-2-13(8-15)20-12-28-7-6-26(20)22(27)14-4-5-19-16(9-14)17-10-29-11-18(17)21(24)25-19/h1-5,8-9,20,22,27H,6-7,10-12H2,(H2,24,25). The average Bonchev–Trinajstić information content (AvgIpc) is 3.24. The third kappa shape index (κ3) is 3.43. The molecule has 1 saturated heterocycles. The average molecular weight is 456 g/mol. The summed E-state index contributed by atoms with van der Waals surface area (Å²) in [7, 11) is 0. The molecule has 5 rings (SSSR count). The van der Waals surface area contributed by atoms with Gasteiger partial charge in [0.25, 0.3) is 0 Å². The van der Waals surface area contributed by atoms with E-state index in [0.717, 1.165) is 37.6 Å².